The Balaban J connectivity index is 1.99. The summed E-state index contributed by atoms with van der Waals surface area (Å²) in [5.41, 5.74) is 0.0647. The highest BCUT2D eigenvalue weighted by atomic mass is 19.2. The highest BCUT2D eigenvalue weighted by Crippen LogP contribution is 2.17. The third kappa shape index (κ3) is 4.24. The molecule has 0 aliphatic rings. The Morgan fingerprint density at radius 1 is 1.03 bits per heavy atom. The Labute approximate surface area is 170 Å². The van der Waals surface area contributed by atoms with Gasteiger partial charge in [-0.1, -0.05) is 24.3 Å². The molecule has 0 aliphatic heterocycles. The van der Waals surface area contributed by atoms with Crippen molar-refractivity contribution in [2.24, 2.45) is 0 Å². The summed E-state index contributed by atoms with van der Waals surface area (Å²) in [6.45, 7) is 1.66. The quantitative estimate of drug-likeness (QED) is 0.671. The fourth-order valence-corrected chi connectivity index (χ4v) is 2.87. The number of rotatable bonds is 5. The minimum atomic E-state index is -1.36. The molecule has 0 fully saturated rings. The van der Waals surface area contributed by atoms with Crippen LogP contribution in [0.2, 0.25) is 0 Å². The fraction of sp³-hybridized carbons (Fsp3) is 0.143. The number of likely N-dealkylation sites (N-methyl/N-ethyl adjacent to an activating group) is 1. The molecule has 0 bridgehead atoms. The SMILES string of the molecule is CNC(=O)C(NC(=O)c1nn(-c2ccccc2)c(C)cc1=O)c1ccc(F)c(F)c1. The van der Waals surface area contributed by atoms with Crippen LogP contribution in [-0.2, 0) is 4.79 Å². The van der Waals surface area contributed by atoms with Gasteiger partial charge in [0, 0.05) is 18.8 Å². The topological polar surface area (TPSA) is 93.1 Å². The number of aryl methyl sites for hydroxylation is 1. The van der Waals surface area contributed by atoms with Crippen LogP contribution in [0.3, 0.4) is 0 Å². The Kier molecular flexibility index (Phi) is 6.01. The van der Waals surface area contributed by atoms with E-state index in [2.05, 4.69) is 15.7 Å². The molecule has 3 rings (SSSR count). The summed E-state index contributed by atoms with van der Waals surface area (Å²) in [5.74, 6) is -3.87. The summed E-state index contributed by atoms with van der Waals surface area (Å²) in [5, 5.41) is 8.84. The van der Waals surface area contributed by atoms with Crippen molar-refractivity contribution in [1.82, 2.24) is 20.4 Å². The van der Waals surface area contributed by atoms with Crippen LogP contribution in [0.4, 0.5) is 8.78 Å². The summed E-state index contributed by atoms with van der Waals surface area (Å²) in [7, 11) is 1.33. The van der Waals surface area contributed by atoms with Gasteiger partial charge >= 0.3 is 0 Å². The Bertz CT molecular complexity index is 1160. The van der Waals surface area contributed by atoms with Gasteiger partial charge in [0.05, 0.1) is 5.69 Å². The van der Waals surface area contributed by atoms with Crippen LogP contribution in [0.5, 0.6) is 0 Å². The molecule has 3 aromatic rings. The van der Waals surface area contributed by atoms with E-state index in [4.69, 9.17) is 0 Å². The number of amides is 2. The molecule has 9 heteroatoms. The molecular formula is C21H18F2N4O3. The number of carbonyl (C=O) groups excluding carboxylic acids is 2. The van der Waals surface area contributed by atoms with Crippen LogP contribution >= 0.6 is 0 Å². The minimum absolute atomic E-state index is 0.0112. The highest BCUT2D eigenvalue weighted by molar-refractivity contribution is 5.96. The van der Waals surface area contributed by atoms with Crippen molar-refractivity contribution in [3.8, 4) is 5.69 Å². The van der Waals surface area contributed by atoms with Crippen LogP contribution in [-0.4, -0.2) is 28.6 Å². The second-order valence-corrected chi connectivity index (χ2v) is 6.44. The van der Waals surface area contributed by atoms with Gasteiger partial charge in [-0.2, -0.15) is 5.10 Å². The second-order valence-electron chi connectivity index (χ2n) is 6.44. The van der Waals surface area contributed by atoms with Gasteiger partial charge in [0.15, 0.2) is 17.3 Å². The van der Waals surface area contributed by atoms with Gasteiger partial charge < -0.3 is 10.6 Å². The van der Waals surface area contributed by atoms with E-state index < -0.39 is 40.6 Å². The summed E-state index contributed by atoms with van der Waals surface area (Å²) >= 11 is 0. The van der Waals surface area contributed by atoms with Crippen molar-refractivity contribution < 1.29 is 18.4 Å². The molecule has 2 amide bonds. The van der Waals surface area contributed by atoms with E-state index >= 15 is 0 Å². The van der Waals surface area contributed by atoms with E-state index in [1.807, 2.05) is 6.07 Å². The minimum Gasteiger partial charge on any atom is -0.357 e. The largest absolute Gasteiger partial charge is 0.357 e. The molecular weight excluding hydrogens is 394 g/mol. The first-order valence-electron chi connectivity index (χ1n) is 8.95. The third-order valence-corrected chi connectivity index (χ3v) is 4.38. The van der Waals surface area contributed by atoms with Crippen LogP contribution in [0, 0.1) is 18.6 Å². The van der Waals surface area contributed by atoms with Crippen LogP contribution < -0.4 is 16.1 Å². The summed E-state index contributed by atoms with van der Waals surface area (Å²) in [4.78, 5) is 37.4. The van der Waals surface area contributed by atoms with Gasteiger partial charge in [-0.15, -0.1) is 0 Å². The van der Waals surface area contributed by atoms with Crippen molar-refractivity contribution in [2.75, 3.05) is 7.05 Å². The smallest absolute Gasteiger partial charge is 0.276 e. The van der Waals surface area contributed by atoms with Crippen LogP contribution in [0.25, 0.3) is 5.69 Å². The average molecular weight is 412 g/mol. The first-order valence-corrected chi connectivity index (χ1v) is 8.95. The van der Waals surface area contributed by atoms with E-state index in [1.165, 1.54) is 23.9 Å². The zero-order valence-corrected chi connectivity index (χ0v) is 16.1. The zero-order valence-electron chi connectivity index (χ0n) is 16.1. The van der Waals surface area contributed by atoms with Gasteiger partial charge in [0.2, 0.25) is 11.3 Å². The normalized spacial score (nSPS) is 11.6. The second kappa shape index (κ2) is 8.64. The summed E-state index contributed by atoms with van der Waals surface area (Å²) in [6.07, 6.45) is 0. The molecule has 0 radical (unpaired) electrons. The maximum Gasteiger partial charge on any atom is 0.276 e. The fourth-order valence-electron chi connectivity index (χ4n) is 2.87. The molecule has 0 saturated carbocycles. The number of carbonyl (C=O) groups is 2. The molecule has 154 valence electrons. The maximum absolute atomic E-state index is 13.6. The maximum atomic E-state index is 13.6. The number of nitrogens with zero attached hydrogens (tertiary/aromatic N) is 2. The lowest BCUT2D eigenvalue weighted by atomic mass is 10.1. The number of benzene rings is 2. The molecule has 1 atom stereocenters. The van der Waals surface area contributed by atoms with Crippen LogP contribution in [0.15, 0.2) is 59.4 Å². The molecule has 0 aliphatic carbocycles. The van der Waals surface area contributed by atoms with Gasteiger partial charge in [-0.3, -0.25) is 14.4 Å². The van der Waals surface area contributed by atoms with Gasteiger partial charge in [-0.05, 0) is 36.8 Å². The predicted molar refractivity (Wildman–Crippen MR) is 105 cm³/mol. The van der Waals surface area contributed by atoms with Gasteiger partial charge in [0.25, 0.3) is 5.91 Å². The van der Waals surface area contributed by atoms with E-state index in [1.54, 1.807) is 31.2 Å². The first-order chi connectivity index (χ1) is 14.3. The molecule has 7 nitrogen and oxygen atoms in total. The lowest BCUT2D eigenvalue weighted by Gasteiger charge is -2.18. The van der Waals surface area contributed by atoms with Crippen molar-refractivity contribution in [3.05, 3.63) is 93.4 Å². The molecule has 0 spiro atoms. The molecule has 1 heterocycles. The number of halogens is 2. The van der Waals surface area contributed by atoms with Crippen molar-refractivity contribution in [3.63, 3.8) is 0 Å². The monoisotopic (exact) mass is 412 g/mol. The predicted octanol–water partition coefficient (Wildman–Crippen LogP) is 2.04. The molecule has 30 heavy (non-hydrogen) atoms. The number of hydrogen-bond donors (Lipinski definition) is 2. The lowest BCUT2D eigenvalue weighted by molar-refractivity contribution is -0.122. The lowest BCUT2D eigenvalue weighted by Crippen LogP contribution is -2.41. The van der Waals surface area contributed by atoms with Crippen LogP contribution in [0.1, 0.15) is 27.8 Å². The standard InChI is InChI=1S/C21H18F2N4O3/c1-12-10-17(28)19(26-27(12)14-6-4-3-5-7-14)21(30)25-18(20(29)24-2)13-8-9-15(22)16(23)11-13/h3-11,18H,1-2H3,(H,24,29)(H,25,30). The van der Waals surface area contributed by atoms with Crippen molar-refractivity contribution >= 4 is 11.8 Å². The summed E-state index contributed by atoms with van der Waals surface area (Å²) < 4.78 is 28.3. The number of para-hydroxylation sites is 1. The molecule has 2 aromatic carbocycles. The van der Waals surface area contributed by atoms with E-state index in [0.717, 1.165) is 12.1 Å². The summed E-state index contributed by atoms with van der Waals surface area (Å²) in [6, 6.07) is 11.6. The molecule has 0 saturated heterocycles. The molecule has 1 unspecified atom stereocenters. The third-order valence-electron chi connectivity index (χ3n) is 4.38. The van der Waals surface area contributed by atoms with E-state index in [0.29, 0.717) is 11.4 Å². The molecule has 2 N–H and O–H groups in total. The van der Waals surface area contributed by atoms with Crippen molar-refractivity contribution in [1.29, 1.82) is 0 Å². The van der Waals surface area contributed by atoms with Crippen molar-refractivity contribution in [2.45, 2.75) is 13.0 Å². The Morgan fingerprint density at radius 2 is 1.73 bits per heavy atom. The number of nitrogens with one attached hydrogen (secondary N) is 2. The van der Waals surface area contributed by atoms with Gasteiger partial charge in [0.1, 0.15) is 6.04 Å². The Morgan fingerprint density at radius 3 is 2.37 bits per heavy atom. The van der Waals surface area contributed by atoms with E-state index in [9.17, 15) is 23.2 Å². The Hall–Kier alpha value is -3.88. The first kappa shape index (κ1) is 20.8. The number of aromatic nitrogens is 2. The highest BCUT2D eigenvalue weighted by Gasteiger charge is 2.26. The average Bonchev–Trinajstić information content (AvgIpc) is 2.74. The zero-order chi connectivity index (χ0) is 21.8. The van der Waals surface area contributed by atoms with Gasteiger partial charge in [-0.25, -0.2) is 13.5 Å². The molecule has 1 aromatic heterocycles. The number of hydrogen-bond acceptors (Lipinski definition) is 4. The van der Waals surface area contributed by atoms with E-state index in [-0.39, 0.29) is 5.56 Å².